The van der Waals surface area contributed by atoms with Crippen molar-refractivity contribution in [1.82, 2.24) is 0 Å². The summed E-state index contributed by atoms with van der Waals surface area (Å²) in [6.45, 7) is 1.85. The van der Waals surface area contributed by atoms with E-state index in [0.29, 0.717) is 18.6 Å². The van der Waals surface area contributed by atoms with Crippen molar-refractivity contribution in [3.8, 4) is 17.6 Å². The number of methoxy groups -OCH3 is 1. The Morgan fingerprint density at radius 3 is 2.53 bits per heavy atom. The molecule has 1 aromatic rings. The highest BCUT2D eigenvalue weighted by Crippen LogP contribution is 2.13. The van der Waals surface area contributed by atoms with Gasteiger partial charge in [0, 0.05) is 19.3 Å². The third-order valence-corrected chi connectivity index (χ3v) is 3.04. The van der Waals surface area contributed by atoms with E-state index in [0.717, 1.165) is 31.4 Å². The van der Waals surface area contributed by atoms with Crippen molar-refractivity contribution in [2.45, 2.75) is 45.4 Å². The van der Waals surface area contributed by atoms with Crippen molar-refractivity contribution in [3.63, 3.8) is 0 Å². The summed E-state index contributed by atoms with van der Waals surface area (Å²) >= 11 is 0. The Morgan fingerprint density at radius 2 is 1.89 bits per heavy atom. The van der Waals surface area contributed by atoms with Crippen LogP contribution in [-0.2, 0) is 11.2 Å². The minimum absolute atomic E-state index is 0.347. The molecule has 0 aliphatic carbocycles. The standard InChI is InChI=1S/C17H22O2/c1-3-4-5-6-7-8-16(18)12-9-15-10-13-17(19-2)14-11-15/h10-11,13-14H,5-9,12H2,1-2H3. The number of Topliss-reactive ketones (excluding diaryl/α,β-unsaturated/α-hetero) is 1. The highest BCUT2D eigenvalue weighted by atomic mass is 16.5. The molecule has 0 amide bonds. The number of aryl methyl sites for hydroxylation is 1. The lowest BCUT2D eigenvalue weighted by Crippen LogP contribution is -2.00. The maximum Gasteiger partial charge on any atom is 0.133 e. The molecule has 102 valence electrons. The predicted octanol–water partition coefficient (Wildman–Crippen LogP) is 3.78. The van der Waals surface area contributed by atoms with Crippen LogP contribution in [0.4, 0.5) is 0 Å². The number of unbranched alkanes of at least 4 members (excludes halogenated alkanes) is 2. The van der Waals surface area contributed by atoms with Crippen molar-refractivity contribution < 1.29 is 9.53 Å². The third-order valence-electron chi connectivity index (χ3n) is 3.04. The van der Waals surface area contributed by atoms with Gasteiger partial charge in [-0.3, -0.25) is 4.79 Å². The summed E-state index contributed by atoms with van der Waals surface area (Å²) in [6, 6.07) is 7.90. The molecule has 1 rings (SSSR count). The number of hydrogen-bond acceptors (Lipinski definition) is 2. The van der Waals surface area contributed by atoms with E-state index in [2.05, 4.69) is 11.8 Å². The Labute approximate surface area is 116 Å². The highest BCUT2D eigenvalue weighted by molar-refractivity contribution is 5.78. The minimum atomic E-state index is 0.347. The molecule has 0 aliphatic rings. The van der Waals surface area contributed by atoms with E-state index in [1.54, 1.807) is 7.11 Å². The average molecular weight is 258 g/mol. The summed E-state index contributed by atoms with van der Waals surface area (Å²) < 4.78 is 5.10. The summed E-state index contributed by atoms with van der Waals surface area (Å²) in [5.41, 5.74) is 1.19. The highest BCUT2D eigenvalue weighted by Gasteiger charge is 2.03. The molecule has 19 heavy (non-hydrogen) atoms. The van der Waals surface area contributed by atoms with Crippen LogP contribution in [0.5, 0.6) is 5.75 Å². The van der Waals surface area contributed by atoms with Gasteiger partial charge in [0.05, 0.1) is 7.11 Å². The molecule has 0 saturated heterocycles. The number of benzene rings is 1. The van der Waals surface area contributed by atoms with Gasteiger partial charge in [-0.1, -0.05) is 12.1 Å². The third kappa shape index (κ3) is 6.67. The lowest BCUT2D eigenvalue weighted by atomic mass is 10.0. The number of rotatable bonds is 8. The Bertz CT molecular complexity index is 435. The number of carbonyl (C=O) groups is 1. The van der Waals surface area contributed by atoms with Crippen LogP contribution in [0.3, 0.4) is 0 Å². The van der Waals surface area contributed by atoms with Gasteiger partial charge in [-0.2, -0.15) is 0 Å². The van der Waals surface area contributed by atoms with Crippen molar-refractivity contribution in [1.29, 1.82) is 0 Å². The second-order valence-electron chi connectivity index (χ2n) is 4.52. The molecule has 2 nitrogen and oxygen atoms in total. The SMILES string of the molecule is CC#CCCCCC(=O)CCc1ccc(OC)cc1. The smallest absolute Gasteiger partial charge is 0.133 e. The molecule has 0 saturated carbocycles. The van der Waals surface area contributed by atoms with Gasteiger partial charge in [-0.15, -0.1) is 11.8 Å². The fourth-order valence-electron chi connectivity index (χ4n) is 1.86. The van der Waals surface area contributed by atoms with E-state index >= 15 is 0 Å². The normalized spacial score (nSPS) is 9.58. The van der Waals surface area contributed by atoms with E-state index in [-0.39, 0.29) is 0 Å². The van der Waals surface area contributed by atoms with Gasteiger partial charge in [0.1, 0.15) is 11.5 Å². The van der Waals surface area contributed by atoms with Crippen LogP contribution in [0.25, 0.3) is 0 Å². The largest absolute Gasteiger partial charge is 0.497 e. The van der Waals surface area contributed by atoms with Crippen LogP contribution in [-0.4, -0.2) is 12.9 Å². The van der Waals surface area contributed by atoms with Gasteiger partial charge < -0.3 is 4.74 Å². The second kappa shape index (κ2) is 9.22. The number of ether oxygens (including phenoxy) is 1. The van der Waals surface area contributed by atoms with Crippen LogP contribution in [0.1, 0.15) is 44.6 Å². The summed E-state index contributed by atoms with van der Waals surface area (Å²) in [7, 11) is 1.65. The first-order valence-corrected chi connectivity index (χ1v) is 6.80. The zero-order valence-electron chi connectivity index (χ0n) is 11.9. The fourth-order valence-corrected chi connectivity index (χ4v) is 1.86. The van der Waals surface area contributed by atoms with Crippen molar-refractivity contribution >= 4 is 5.78 Å². The second-order valence-corrected chi connectivity index (χ2v) is 4.52. The van der Waals surface area contributed by atoms with Gasteiger partial charge in [-0.25, -0.2) is 0 Å². The molecule has 1 aromatic carbocycles. The summed E-state index contributed by atoms with van der Waals surface area (Å²) in [5, 5.41) is 0. The van der Waals surface area contributed by atoms with Crippen molar-refractivity contribution in [2.75, 3.05) is 7.11 Å². The Balaban J connectivity index is 2.19. The fraction of sp³-hybridized carbons (Fsp3) is 0.471. The molecule has 2 heteroatoms. The Kier molecular flexibility index (Phi) is 7.43. The van der Waals surface area contributed by atoms with Crippen LogP contribution in [0, 0.1) is 11.8 Å². The quantitative estimate of drug-likeness (QED) is 0.524. The van der Waals surface area contributed by atoms with E-state index in [4.69, 9.17) is 4.74 Å². The molecule has 0 bridgehead atoms. The Hall–Kier alpha value is -1.75. The lowest BCUT2D eigenvalue weighted by molar-refractivity contribution is -0.119. The summed E-state index contributed by atoms with van der Waals surface area (Å²) in [4.78, 5) is 11.7. The van der Waals surface area contributed by atoms with Crippen molar-refractivity contribution in [3.05, 3.63) is 29.8 Å². The molecule has 0 unspecified atom stereocenters. The Morgan fingerprint density at radius 1 is 1.16 bits per heavy atom. The van der Waals surface area contributed by atoms with E-state index in [1.807, 2.05) is 31.2 Å². The molecule has 0 atom stereocenters. The van der Waals surface area contributed by atoms with Crippen LogP contribution in [0.2, 0.25) is 0 Å². The molecule has 0 N–H and O–H groups in total. The van der Waals surface area contributed by atoms with Gasteiger partial charge >= 0.3 is 0 Å². The molecule has 0 fully saturated rings. The van der Waals surface area contributed by atoms with Gasteiger partial charge in [0.25, 0.3) is 0 Å². The molecule has 0 aliphatic heterocycles. The molecule has 0 spiro atoms. The summed E-state index contributed by atoms with van der Waals surface area (Å²) in [5.74, 6) is 7.09. The summed E-state index contributed by atoms with van der Waals surface area (Å²) in [6.07, 6.45) is 5.01. The number of carbonyl (C=O) groups excluding carboxylic acids is 1. The molecule has 0 radical (unpaired) electrons. The molecular formula is C17H22O2. The van der Waals surface area contributed by atoms with Gasteiger partial charge in [-0.05, 0) is 43.9 Å². The van der Waals surface area contributed by atoms with Crippen LogP contribution < -0.4 is 4.74 Å². The zero-order valence-corrected chi connectivity index (χ0v) is 11.9. The van der Waals surface area contributed by atoms with E-state index < -0.39 is 0 Å². The first kappa shape index (κ1) is 15.3. The molecule has 0 aromatic heterocycles. The first-order chi connectivity index (χ1) is 9.26. The monoisotopic (exact) mass is 258 g/mol. The lowest BCUT2D eigenvalue weighted by Gasteiger charge is -2.03. The van der Waals surface area contributed by atoms with Gasteiger partial charge in [0.15, 0.2) is 0 Å². The minimum Gasteiger partial charge on any atom is -0.497 e. The number of hydrogen-bond donors (Lipinski definition) is 0. The number of ketones is 1. The first-order valence-electron chi connectivity index (χ1n) is 6.80. The van der Waals surface area contributed by atoms with E-state index in [1.165, 1.54) is 5.56 Å². The topological polar surface area (TPSA) is 26.3 Å². The average Bonchev–Trinajstić information content (AvgIpc) is 2.45. The van der Waals surface area contributed by atoms with Crippen molar-refractivity contribution in [2.24, 2.45) is 0 Å². The van der Waals surface area contributed by atoms with E-state index in [9.17, 15) is 4.79 Å². The van der Waals surface area contributed by atoms with Gasteiger partial charge in [0.2, 0.25) is 0 Å². The maximum atomic E-state index is 11.7. The van der Waals surface area contributed by atoms with Crippen LogP contribution >= 0.6 is 0 Å². The molecular weight excluding hydrogens is 236 g/mol. The molecule has 0 heterocycles. The zero-order chi connectivity index (χ0) is 13.9. The maximum absolute atomic E-state index is 11.7. The predicted molar refractivity (Wildman–Crippen MR) is 78.2 cm³/mol. The van der Waals surface area contributed by atoms with Crippen LogP contribution in [0.15, 0.2) is 24.3 Å².